The van der Waals surface area contributed by atoms with Gasteiger partial charge in [-0.3, -0.25) is 9.59 Å². The SMILES string of the molecule is CCc1ccc(C(CO)NC(=O)c2ccc(CNC(C)=O)s2)cc1. The van der Waals surface area contributed by atoms with Crippen LogP contribution in [0.25, 0.3) is 0 Å². The lowest BCUT2D eigenvalue weighted by molar-refractivity contribution is -0.119. The number of carbonyl (C=O) groups excluding carboxylic acids is 2. The molecule has 0 saturated heterocycles. The van der Waals surface area contributed by atoms with Crippen LogP contribution >= 0.6 is 11.3 Å². The molecule has 2 aromatic rings. The van der Waals surface area contributed by atoms with Gasteiger partial charge in [-0.15, -0.1) is 11.3 Å². The summed E-state index contributed by atoms with van der Waals surface area (Å²) >= 11 is 1.33. The first-order valence-corrected chi connectivity index (χ1v) is 8.68. The molecule has 1 heterocycles. The first kappa shape index (κ1) is 18.2. The van der Waals surface area contributed by atoms with E-state index in [1.165, 1.54) is 23.8 Å². The Labute approximate surface area is 145 Å². The Morgan fingerprint density at radius 1 is 1.17 bits per heavy atom. The molecule has 0 radical (unpaired) electrons. The zero-order valence-corrected chi connectivity index (χ0v) is 14.7. The summed E-state index contributed by atoms with van der Waals surface area (Å²) in [6.45, 7) is 3.78. The van der Waals surface area contributed by atoms with E-state index in [0.717, 1.165) is 16.9 Å². The number of aliphatic hydroxyl groups is 1. The number of hydrogen-bond donors (Lipinski definition) is 3. The smallest absolute Gasteiger partial charge is 0.261 e. The van der Waals surface area contributed by atoms with Crippen molar-refractivity contribution in [2.24, 2.45) is 0 Å². The quantitative estimate of drug-likeness (QED) is 0.720. The molecule has 0 bridgehead atoms. The van der Waals surface area contributed by atoms with Crippen LogP contribution in [0, 0.1) is 0 Å². The summed E-state index contributed by atoms with van der Waals surface area (Å²) in [6.07, 6.45) is 0.947. The maximum Gasteiger partial charge on any atom is 0.261 e. The molecule has 128 valence electrons. The molecule has 1 atom stereocenters. The third-order valence-corrected chi connectivity index (χ3v) is 4.76. The number of amides is 2. The topological polar surface area (TPSA) is 78.4 Å². The van der Waals surface area contributed by atoms with Crippen LogP contribution in [-0.4, -0.2) is 23.5 Å². The van der Waals surface area contributed by atoms with Crippen molar-refractivity contribution in [3.8, 4) is 0 Å². The molecule has 0 aliphatic rings. The second-order valence-electron chi connectivity index (χ2n) is 5.48. The molecule has 2 amide bonds. The predicted octanol–water partition coefficient (Wildman–Crippen LogP) is 2.41. The Hall–Kier alpha value is -2.18. The summed E-state index contributed by atoms with van der Waals surface area (Å²) in [5, 5.41) is 15.1. The number of aliphatic hydroxyl groups excluding tert-OH is 1. The Kier molecular flexibility index (Phi) is 6.52. The average Bonchev–Trinajstić information content (AvgIpc) is 3.07. The average molecular weight is 346 g/mol. The molecule has 2 rings (SSSR count). The van der Waals surface area contributed by atoms with Crippen molar-refractivity contribution in [3.05, 3.63) is 57.3 Å². The van der Waals surface area contributed by atoms with Crippen LogP contribution in [0.4, 0.5) is 0 Å². The Morgan fingerprint density at radius 2 is 1.88 bits per heavy atom. The zero-order valence-electron chi connectivity index (χ0n) is 13.8. The van der Waals surface area contributed by atoms with Gasteiger partial charge in [0.1, 0.15) is 0 Å². The van der Waals surface area contributed by atoms with Gasteiger partial charge in [-0.1, -0.05) is 31.2 Å². The van der Waals surface area contributed by atoms with Gasteiger partial charge in [0.15, 0.2) is 0 Å². The first-order chi connectivity index (χ1) is 11.5. The molecule has 5 nitrogen and oxygen atoms in total. The van der Waals surface area contributed by atoms with Crippen LogP contribution in [0.3, 0.4) is 0 Å². The summed E-state index contributed by atoms with van der Waals surface area (Å²) < 4.78 is 0. The van der Waals surface area contributed by atoms with E-state index in [9.17, 15) is 14.7 Å². The predicted molar refractivity (Wildman–Crippen MR) is 95.0 cm³/mol. The molecule has 1 aromatic heterocycles. The third-order valence-electron chi connectivity index (χ3n) is 3.68. The fraction of sp³-hybridized carbons (Fsp3) is 0.333. The molecule has 1 unspecified atom stereocenters. The van der Waals surface area contributed by atoms with E-state index < -0.39 is 6.04 Å². The van der Waals surface area contributed by atoms with Gasteiger partial charge in [-0.2, -0.15) is 0 Å². The van der Waals surface area contributed by atoms with E-state index in [1.807, 2.05) is 30.3 Å². The number of hydrogen-bond acceptors (Lipinski definition) is 4. The summed E-state index contributed by atoms with van der Waals surface area (Å²) in [7, 11) is 0. The van der Waals surface area contributed by atoms with Gasteiger partial charge >= 0.3 is 0 Å². The highest BCUT2D eigenvalue weighted by molar-refractivity contribution is 7.14. The van der Waals surface area contributed by atoms with Crippen molar-refractivity contribution >= 4 is 23.2 Å². The molecule has 24 heavy (non-hydrogen) atoms. The fourth-order valence-electron chi connectivity index (χ4n) is 2.26. The molecule has 0 saturated carbocycles. The van der Waals surface area contributed by atoms with Crippen LogP contribution in [0.15, 0.2) is 36.4 Å². The third kappa shape index (κ3) is 4.91. The zero-order chi connectivity index (χ0) is 17.5. The minimum absolute atomic E-state index is 0.106. The standard InChI is InChI=1S/C18H22N2O3S/c1-3-13-4-6-14(7-5-13)16(11-21)20-18(23)17-9-8-15(24-17)10-19-12(2)22/h4-9,16,21H,3,10-11H2,1-2H3,(H,19,22)(H,20,23). The highest BCUT2D eigenvalue weighted by Gasteiger charge is 2.16. The number of aryl methyl sites for hydroxylation is 1. The molecule has 0 aliphatic carbocycles. The second-order valence-corrected chi connectivity index (χ2v) is 6.65. The monoisotopic (exact) mass is 346 g/mol. The number of nitrogens with one attached hydrogen (secondary N) is 2. The lowest BCUT2D eigenvalue weighted by Crippen LogP contribution is -2.30. The molecule has 1 aromatic carbocycles. The molecule has 3 N–H and O–H groups in total. The van der Waals surface area contributed by atoms with Crippen LogP contribution < -0.4 is 10.6 Å². The van der Waals surface area contributed by atoms with Gasteiger partial charge in [-0.25, -0.2) is 0 Å². The summed E-state index contributed by atoms with van der Waals surface area (Å²) in [6, 6.07) is 11.0. The maximum atomic E-state index is 12.4. The van der Waals surface area contributed by atoms with Gasteiger partial charge in [0.2, 0.25) is 5.91 Å². The number of rotatable bonds is 7. The minimum Gasteiger partial charge on any atom is -0.394 e. The van der Waals surface area contributed by atoms with Crippen LogP contribution in [-0.2, 0) is 17.8 Å². The largest absolute Gasteiger partial charge is 0.394 e. The number of carbonyl (C=O) groups is 2. The lowest BCUT2D eigenvalue weighted by atomic mass is 10.0. The van der Waals surface area contributed by atoms with E-state index in [1.54, 1.807) is 6.07 Å². The second kappa shape index (κ2) is 8.61. The lowest BCUT2D eigenvalue weighted by Gasteiger charge is -2.16. The number of benzene rings is 1. The van der Waals surface area contributed by atoms with Crippen molar-refractivity contribution in [3.63, 3.8) is 0 Å². The molecule has 0 fully saturated rings. The van der Waals surface area contributed by atoms with Crippen molar-refractivity contribution in [1.82, 2.24) is 10.6 Å². The van der Waals surface area contributed by atoms with Crippen LogP contribution in [0.5, 0.6) is 0 Å². The Morgan fingerprint density at radius 3 is 2.46 bits per heavy atom. The Bertz CT molecular complexity index is 695. The summed E-state index contributed by atoms with van der Waals surface area (Å²) in [5.74, 6) is -0.335. The van der Waals surface area contributed by atoms with E-state index in [0.29, 0.717) is 11.4 Å². The van der Waals surface area contributed by atoms with Gasteiger partial charge in [0, 0.05) is 11.8 Å². The maximum absolute atomic E-state index is 12.4. The number of thiophene rings is 1. The highest BCUT2D eigenvalue weighted by atomic mass is 32.1. The highest BCUT2D eigenvalue weighted by Crippen LogP contribution is 2.19. The van der Waals surface area contributed by atoms with Gasteiger partial charge in [0.25, 0.3) is 5.91 Å². The Balaban J connectivity index is 2.01. The molecule has 6 heteroatoms. The molecular weight excluding hydrogens is 324 g/mol. The fourth-order valence-corrected chi connectivity index (χ4v) is 3.11. The van der Waals surface area contributed by atoms with Gasteiger partial charge in [-0.05, 0) is 29.7 Å². The summed E-state index contributed by atoms with van der Waals surface area (Å²) in [4.78, 5) is 24.8. The minimum atomic E-state index is -0.440. The summed E-state index contributed by atoms with van der Waals surface area (Å²) in [5.41, 5.74) is 2.08. The van der Waals surface area contributed by atoms with Crippen LogP contribution in [0.2, 0.25) is 0 Å². The van der Waals surface area contributed by atoms with E-state index in [2.05, 4.69) is 17.6 Å². The molecule has 0 aliphatic heterocycles. The van der Waals surface area contributed by atoms with Gasteiger partial charge in [0.05, 0.1) is 24.1 Å². The molecule has 0 spiro atoms. The van der Waals surface area contributed by atoms with E-state index >= 15 is 0 Å². The van der Waals surface area contributed by atoms with Crippen molar-refractivity contribution in [1.29, 1.82) is 0 Å². The molecular formula is C18H22N2O3S. The van der Waals surface area contributed by atoms with E-state index in [-0.39, 0.29) is 18.4 Å². The van der Waals surface area contributed by atoms with Crippen molar-refractivity contribution in [2.75, 3.05) is 6.61 Å². The van der Waals surface area contributed by atoms with Gasteiger partial charge < -0.3 is 15.7 Å². The van der Waals surface area contributed by atoms with Crippen LogP contribution in [0.1, 0.15) is 45.6 Å². The normalized spacial score (nSPS) is 11.8. The van der Waals surface area contributed by atoms with E-state index in [4.69, 9.17) is 0 Å². The van der Waals surface area contributed by atoms with Crippen molar-refractivity contribution < 1.29 is 14.7 Å². The van der Waals surface area contributed by atoms with Crippen molar-refractivity contribution in [2.45, 2.75) is 32.9 Å². The first-order valence-electron chi connectivity index (χ1n) is 7.87.